The van der Waals surface area contributed by atoms with E-state index in [0.717, 1.165) is 31.3 Å². The van der Waals surface area contributed by atoms with Crippen molar-refractivity contribution < 1.29 is 4.79 Å². The van der Waals surface area contributed by atoms with Gasteiger partial charge in [-0.15, -0.1) is 0 Å². The van der Waals surface area contributed by atoms with Crippen LogP contribution in [-0.2, 0) is 4.79 Å². The maximum atomic E-state index is 12.6. The first kappa shape index (κ1) is 12.4. The van der Waals surface area contributed by atoms with E-state index in [2.05, 4.69) is 41.1 Å². The average Bonchev–Trinajstić information content (AvgIpc) is 3.05. The Bertz CT molecular complexity index is 501. The van der Waals surface area contributed by atoms with Crippen molar-refractivity contribution in [1.82, 2.24) is 9.80 Å². The minimum Gasteiger partial charge on any atom is -0.342 e. The molecule has 1 aromatic carbocycles. The molecule has 4 rings (SSSR count). The molecule has 4 atom stereocenters. The molecule has 2 aliphatic heterocycles. The molecule has 0 spiro atoms. The smallest absolute Gasteiger partial charge is 0.226 e. The third-order valence-electron chi connectivity index (χ3n) is 5.32. The number of benzene rings is 1. The zero-order valence-corrected chi connectivity index (χ0v) is 12.0. The fourth-order valence-electron chi connectivity index (χ4n) is 4.18. The summed E-state index contributed by atoms with van der Waals surface area (Å²) in [6.45, 7) is 4.32. The molecule has 3 aliphatic rings. The topological polar surface area (TPSA) is 23.6 Å². The van der Waals surface area contributed by atoms with E-state index in [4.69, 9.17) is 0 Å². The molecular weight excluding hydrogens is 248 g/mol. The van der Waals surface area contributed by atoms with Crippen molar-refractivity contribution in [3.8, 4) is 0 Å². The second kappa shape index (κ2) is 4.59. The van der Waals surface area contributed by atoms with Crippen molar-refractivity contribution in [2.24, 2.45) is 17.8 Å². The van der Waals surface area contributed by atoms with Gasteiger partial charge in [0.15, 0.2) is 0 Å². The maximum absolute atomic E-state index is 12.6. The number of hydrogen-bond donors (Lipinski definition) is 0. The van der Waals surface area contributed by atoms with Crippen molar-refractivity contribution in [3.63, 3.8) is 0 Å². The fourth-order valence-corrected chi connectivity index (χ4v) is 4.18. The standard InChI is InChI=1S/C17H22N2O/c1-18-8-13-10-19(11-14(13)9-18)17(20)16-7-15(16)12-5-3-2-4-6-12/h2-6,13-16H,7-11H2,1H3/t13-,14+,15-,16+/m0/s1. The van der Waals surface area contributed by atoms with Crippen LogP contribution in [0.2, 0.25) is 0 Å². The van der Waals surface area contributed by atoms with Gasteiger partial charge < -0.3 is 9.80 Å². The highest BCUT2D eigenvalue weighted by molar-refractivity contribution is 5.83. The van der Waals surface area contributed by atoms with Gasteiger partial charge in [0.1, 0.15) is 0 Å². The first-order chi connectivity index (χ1) is 9.72. The molecule has 0 unspecified atom stereocenters. The molecule has 0 bridgehead atoms. The average molecular weight is 270 g/mol. The van der Waals surface area contributed by atoms with Gasteiger partial charge in [-0.2, -0.15) is 0 Å². The fraction of sp³-hybridized carbons (Fsp3) is 0.588. The molecule has 1 saturated carbocycles. The van der Waals surface area contributed by atoms with Crippen LogP contribution in [0.5, 0.6) is 0 Å². The molecule has 1 aromatic rings. The molecular formula is C17H22N2O. The zero-order chi connectivity index (χ0) is 13.7. The van der Waals surface area contributed by atoms with Crippen LogP contribution in [-0.4, -0.2) is 48.9 Å². The Hall–Kier alpha value is -1.35. The first-order valence-corrected chi connectivity index (χ1v) is 7.74. The lowest BCUT2D eigenvalue weighted by atomic mass is 10.0. The highest BCUT2D eigenvalue weighted by atomic mass is 16.2. The summed E-state index contributed by atoms with van der Waals surface area (Å²) < 4.78 is 0. The number of likely N-dealkylation sites (tertiary alicyclic amines) is 2. The van der Waals surface area contributed by atoms with E-state index in [1.54, 1.807) is 0 Å². The molecule has 0 aromatic heterocycles. The number of carbonyl (C=O) groups is 1. The Balaban J connectivity index is 1.39. The molecule has 0 radical (unpaired) electrons. The van der Waals surface area contributed by atoms with Gasteiger partial charge in [-0.3, -0.25) is 4.79 Å². The van der Waals surface area contributed by atoms with E-state index >= 15 is 0 Å². The number of hydrogen-bond acceptors (Lipinski definition) is 2. The predicted molar refractivity (Wildman–Crippen MR) is 78.3 cm³/mol. The minimum atomic E-state index is 0.258. The van der Waals surface area contributed by atoms with E-state index in [0.29, 0.717) is 11.8 Å². The highest BCUT2D eigenvalue weighted by Crippen LogP contribution is 2.49. The lowest BCUT2D eigenvalue weighted by Crippen LogP contribution is -2.33. The normalized spacial score (nSPS) is 36.1. The maximum Gasteiger partial charge on any atom is 0.226 e. The van der Waals surface area contributed by atoms with Gasteiger partial charge in [0.2, 0.25) is 5.91 Å². The van der Waals surface area contributed by atoms with Crippen LogP contribution < -0.4 is 0 Å². The van der Waals surface area contributed by atoms with Gasteiger partial charge in [0.25, 0.3) is 0 Å². The Labute approximate surface area is 120 Å². The van der Waals surface area contributed by atoms with Crippen LogP contribution in [0.1, 0.15) is 17.9 Å². The van der Waals surface area contributed by atoms with Crippen molar-refractivity contribution in [3.05, 3.63) is 35.9 Å². The SMILES string of the molecule is CN1C[C@@H]2CN(C(=O)[C@@H]3C[C@H]3c3ccccc3)C[C@@H]2C1. The molecule has 1 amide bonds. The molecule has 106 valence electrons. The van der Waals surface area contributed by atoms with Crippen LogP contribution in [0.25, 0.3) is 0 Å². The zero-order valence-electron chi connectivity index (χ0n) is 12.0. The van der Waals surface area contributed by atoms with Gasteiger partial charge in [0.05, 0.1) is 0 Å². The molecule has 20 heavy (non-hydrogen) atoms. The third kappa shape index (κ3) is 2.05. The van der Waals surface area contributed by atoms with E-state index < -0.39 is 0 Å². The first-order valence-electron chi connectivity index (χ1n) is 7.74. The highest BCUT2D eigenvalue weighted by Gasteiger charge is 2.49. The van der Waals surface area contributed by atoms with Crippen molar-refractivity contribution >= 4 is 5.91 Å². The summed E-state index contributed by atoms with van der Waals surface area (Å²) in [7, 11) is 2.19. The quantitative estimate of drug-likeness (QED) is 0.818. The summed E-state index contributed by atoms with van der Waals surface area (Å²) in [6, 6.07) is 10.5. The summed E-state index contributed by atoms with van der Waals surface area (Å²) in [4.78, 5) is 17.2. The van der Waals surface area contributed by atoms with Gasteiger partial charge in [-0.1, -0.05) is 30.3 Å². The Kier molecular flexibility index (Phi) is 2.84. The van der Waals surface area contributed by atoms with Crippen molar-refractivity contribution in [2.45, 2.75) is 12.3 Å². The monoisotopic (exact) mass is 270 g/mol. The number of carbonyl (C=O) groups excluding carboxylic acids is 1. The lowest BCUT2D eigenvalue weighted by molar-refractivity contribution is -0.132. The summed E-state index contributed by atoms with van der Waals surface area (Å²) >= 11 is 0. The van der Waals surface area contributed by atoms with E-state index in [-0.39, 0.29) is 5.92 Å². The third-order valence-corrected chi connectivity index (χ3v) is 5.32. The number of rotatable bonds is 2. The van der Waals surface area contributed by atoms with Crippen LogP contribution >= 0.6 is 0 Å². The van der Waals surface area contributed by atoms with Gasteiger partial charge >= 0.3 is 0 Å². The molecule has 3 heteroatoms. The van der Waals surface area contributed by atoms with E-state index in [1.165, 1.54) is 18.7 Å². The number of amides is 1. The molecule has 3 fully saturated rings. The number of nitrogens with zero attached hydrogens (tertiary/aromatic N) is 2. The summed E-state index contributed by atoms with van der Waals surface area (Å²) in [5, 5.41) is 0. The van der Waals surface area contributed by atoms with Crippen LogP contribution in [0.4, 0.5) is 0 Å². The molecule has 1 aliphatic carbocycles. The Morgan fingerprint density at radius 2 is 1.70 bits per heavy atom. The van der Waals surface area contributed by atoms with E-state index in [9.17, 15) is 4.79 Å². The van der Waals surface area contributed by atoms with Crippen molar-refractivity contribution in [1.29, 1.82) is 0 Å². The van der Waals surface area contributed by atoms with Crippen LogP contribution in [0.3, 0.4) is 0 Å². The van der Waals surface area contributed by atoms with Crippen LogP contribution in [0.15, 0.2) is 30.3 Å². The number of fused-ring (bicyclic) bond motifs is 1. The summed E-state index contributed by atoms with van der Waals surface area (Å²) in [5.74, 6) is 2.59. The molecule has 0 N–H and O–H groups in total. The van der Waals surface area contributed by atoms with Crippen LogP contribution in [0, 0.1) is 17.8 Å². The molecule has 3 nitrogen and oxygen atoms in total. The minimum absolute atomic E-state index is 0.258. The van der Waals surface area contributed by atoms with Crippen molar-refractivity contribution in [2.75, 3.05) is 33.2 Å². The second-order valence-corrected chi connectivity index (χ2v) is 6.84. The van der Waals surface area contributed by atoms with Gasteiger partial charge in [-0.25, -0.2) is 0 Å². The van der Waals surface area contributed by atoms with E-state index in [1.807, 2.05) is 6.07 Å². The van der Waals surface area contributed by atoms with Gasteiger partial charge in [0, 0.05) is 32.1 Å². The Morgan fingerprint density at radius 1 is 1.05 bits per heavy atom. The lowest BCUT2D eigenvalue weighted by Gasteiger charge is -2.19. The summed E-state index contributed by atoms with van der Waals surface area (Å²) in [6.07, 6.45) is 1.05. The molecule has 2 heterocycles. The van der Waals surface area contributed by atoms with Gasteiger partial charge in [-0.05, 0) is 36.8 Å². The predicted octanol–water partition coefficient (Wildman–Crippen LogP) is 1.81. The largest absolute Gasteiger partial charge is 0.342 e. The summed E-state index contributed by atoms with van der Waals surface area (Å²) in [5.41, 5.74) is 1.34. The molecule has 2 saturated heterocycles. The Morgan fingerprint density at radius 3 is 2.35 bits per heavy atom. The second-order valence-electron chi connectivity index (χ2n) is 6.84.